The molecule has 6 heteroatoms. The molecule has 1 aliphatic rings. The summed E-state index contributed by atoms with van der Waals surface area (Å²) in [5.74, 6) is 0.903. The zero-order valence-corrected chi connectivity index (χ0v) is 17.3. The molecule has 29 heavy (non-hydrogen) atoms. The van der Waals surface area contributed by atoms with Gasteiger partial charge in [0.1, 0.15) is 0 Å². The van der Waals surface area contributed by atoms with Crippen molar-refractivity contribution >= 4 is 17.6 Å². The Labute approximate surface area is 173 Å². The average molecular weight is 394 g/mol. The van der Waals surface area contributed by atoms with Gasteiger partial charge in [-0.2, -0.15) is 0 Å². The number of hydrogen-bond donors (Lipinski definition) is 2. The normalized spacial score (nSPS) is 15.7. The first-order chi connectivity index (χ1) is 14.2. The number of para-hydroxylation sites is 1. The molecule has 1 atom stereocenters. The zero-order chi connectivity index (χ0) is 20.5. The molecule has 0 saturated carbocycles. The van der Waals surface area contributed by atoms with E-state index in [4.69, 9.17) is 0 Å². The van der Waals surface area contributed by atoms with Gasteiger partial charge in [0.05, 0.1) is 6.04 Å². The third-order valence-corrected chi connectivity index (χ3v) is 5.26. The van der Waals surface area contributed by atoms with Crippen molar-refractivity contribution in [2.24, 2.45) is 4.99 Å². The molecule has 0 spiro atoms. The summed E-state index contributed by atoms with van der Waals surface area (Å²) < 4.78 is 0. The number of guanidine groups is 1. The van der Waals surface area contributed by atoms with Crippen LogP contribution in [-0.4, -0.2) is 56.5 Å². The molecular weight excluding hydrogens is 362 g/mol. The second-order valence-electron chi connectivity index (χ2n) is 7.23. The van der Waals surface area contributed by atoms with Crippen LogP contribution in [0.3, 0.4) is 0 Å². The number of rotatable bonds is 6. The molecule has 2 N–H and O–H groups in total. The molecular formula is C23H31N5O. The van der Waals surface area contributed by atoms with Crippen LogP contribution in [0.25, 0.3) is 0 Å². The maximum absolute atomic E-state index is 12.6. The second-order valence-corrected chi connectivity index (χ2v) is 7.23. The van der Waals surface area contributed by atoms with Gasteiger partial charge in [-0.05, 0) is 24.6 Å². The van der Waals surface area contributed by atoms with E-state index in [1.54, 1.807) is 7.05 Å². The molecule has 1 fully saturated rings. The number of piperazine rings is 1. The maximum Gasteiger partial charge on any atom is 0.224 e. The summed E-state index contributed by atoms with van der Waals surface area (Å²) >= 11 is 0. The van der Waals surface area contributed by atoms with E-state index in [0.29, 0.717) is 18.9 Å². The van der Waals surface area contributed by atoms with Gasteiger partial charge >= 0.3 is 0 Å². The fraction of sp³-hybridized carbons (Fsp3) is 0.391. The third-order valence-electron chi connectivity index (χ3n) is 5.26. The summed E-state index contributed by atoms with van der Waals surface area (Å²) in [6, 6.07) is 20.8. The van der Waals surface area contributed by atoms with E-state index in [9.17, 15) is 4.79 Å². The van der Waals surface area contributed by atoms with Crippen LogP contribution in [0, 0.1) is 0 Å². The molecule has 2 aromatic rings. The van der Waals surface area contributed by atoms with Crippen molar-refractivity contribution in [3.05, 3.63) is 66.2 Å². The minimum absolute atomic E-state index is 0.143. The van der Waals surface area contributed by atoms with Crippen molar-refractivity contribution in [1.29, 1.82) is 0 Å². The molecule has 6 nitrogen and oxygen atoms in total. The highest BCUT2D eigenvalue weighted by Gasteiger charge is 2.21. The Morgan fingerprint density at radius 1 is 1.00 bits per heavy atom. The molecule has 1 aliphatic heterocycles. The van der Waals surface area contributed by atoms with E-state index in [0.717, 1.165) is 26.2 Å². The Balaban J connectivity index is 1.39. The van der Waals surface area contributed by atoms with E-state index in [1.807, 2.05) is 29.2 Å². The minimum atomic E-state index is 0.143. The highest BCUT2D eigenvalue weighted by atomic mass is 16.2. The van der Waals surface area contributed by atoms with Crippen LogP contribution in [-0.2, 0) is 4.79 Å². The van der Waals surface area contributed by atoms with Crippen LogP contribution in [0.15, 0.2) is 65.7 Å². The first-order valence-corrected chi connectivity index (χ1v) is 10.3. The van der Waals surface area contributed by atoms with Gasteiger partial charge in [-0.1, -0.05) is 48.5 Å². The van der Waals surface area contributed by atoms with Crippen LogP contribution in [0.5, 0.6) is 0 Å². The Morgan fingerprint density at radius 2 is 1.62 bits per heavy atom. The van der Waals surface area contributed by atoms with E-state index < -0.39 is 0 Å². The monoisotopic (exact) mass is 393 g/mol. The number of amides is 1. The number of carbonyl (C=O) groups excluding carboxylic acids is 1. The lowest BCUT2D eigenvalue weighted by Crippen LogP contribution is -2.49. The largest absolute Gasteiger partial charge is 0.368 e. The number of aliphatic imine (C=N–C) groups is 1. The molecule has 154 valence electrons. The molecule has 1 heterocycles. The van der Waals surface area contributed by atoms with Gasteiger partial charge in [0.15, 0.2) is 5.96 Å². The third kappa shape index (κ3) is 5.98. The standard InChI is InChI=1S/C23H31N5O/c1-19(20-9-5-3-6-10-20)26-23(24-2)25-14-13-22(29)28-17-15-27(16-18-28)21-11-7-4-8-12-21/h3-12,19H,13-18H2,1-2H3,(H2,24,25,26). The van der Waals surface area contributed by atoms with Gasteiger partial charge in [-0.15, -0.1) is 0 Å². The molecule has 3 rings (SSSR count). The van der Waals surface area contributed by atoms with Gasteiger partial charge in [0.25, 0.3) is 0 Å². The van der Waals surface area contributed by atoms with Crippen molar-refractivity contribution in [3.63, 3.8) is 0 Å². The first kappa shape index (κ1) is 20.7. The van der Waals surface area contributed by atoms with Crippen molar-refractivity contribution < 1.29 is 4.79 Å². The van der Waals surface area contributed by atoms with Gasteiger partial charge < -0.3 is 20.4 Å². The van der Waals surface area contributed by atoms with Gasteiger partial charge in [0.2, 0.25) is 5.91 Å². The Morgan fingerprint density at radius 3 is 2.24 bits per heavy atom. The smallest absolute Gasteiger partial charge is 0.224 e. The van der Waals surface area contributed by atoms with Gasteiger partial charge in [0, 0.05) is 51.9 Å². The van der Waals surface area contributed by atoms with Crippen LogP contribution in [0.2, 0.25) is 0 Å². The molecule has 2 aromatic carbocycles. The van der Waals surface area contributed by atoms with Crippen molar-refractivity contribution in [2.45, 2.75) is 19.4 Å². The zero-order valence-electron chi connectivity index (χ0n) is 17.3. The SMILES string of the molecule is CN=C(NCCC(=O)N1CCN(c2ccccc2)CC1)NC(C)c1ccccc1. The molecule has 0 aromatic heterocycles. The molecule has 1 unspecified atom stereocenters. The predicted molar refractivity (Wildman–Crippen MR) is 119 cm³/mol. The lowest BCUT2D eigenvalue weighted by atomic mass is 10.1. The number of carbonyl (C=O) groups is 1. The maximum atomic E-state index is 12.6. The summed E-state index contributed by atoms with van der Waals surface area (Å²) in [5.41, 5.74) is 2.42. The van der Waals surface area contributed by atoms with Crippen LogP contribution < -0.4 is 15.5 Å². The fourth-order valence-electron chi connectivity index (χ4n) is 3.52. The predicted octanol–water partition coefficient (Wildman–Crippen LogP) is 2.65. The van der Waals surface area contributed by atoms with E-state index in [2.05, 4.69) is 63.8 Å². The number of benzene rings is 2. The minimum Gasteiger partial charge on any atom is -0.368 e. The topological polar surface area (TPSA) is 60.0 Å². The number of nitrogens with zero attached hydrogens (tertiary/aromatic N) is 3. The second kappa shape index (κ2) is 10.5. The molecule has 1 saturated heterocycles. The number of anilines is 1. The molecule has 0 radical (unpaired) electrons. The van der Waals surface area contributed by atoms with Crippen molar-refractivity contribution in [2.75, 3.05) is 44.7 Å². The molecule has 1 amide bonds. The van der Waals surface area contributed by atoms with Gasteiger partial charge in [-0.3, -0.25) is 9.79 Å². The Bertz CT molecular complexity index is 785. The first-order valence-electron chi connectivity index (χ1n) is 10.3. The fourth-order valence-corrected chi connectivity index (χ4v) is 3.52. The molecule has 0 bridgehead atoms. The quantitative estimate of drug-likeness (QED) is 0.585. The summed E-state index contributed by atoms with van der Waals surface area (Å²) in [6.07, 6.45) is 0.464. The lowest BCUT2D eigenvalue weighted by Gasteiger charge is -2.36. The number of hydrogen-bond acceptors (Lipinski definition) is 3. The average Bonchev–Trinajstić information content (AvgIpc) is 2.79. The van der Waals surface area contributed by atoms with E-state index >= 15 is 0 Å². The highest BCUT2D eigenvalue weighted by molar-refractivity contribution is 5.81. The summed E-state index contributed by atoms with van der Waals surface area (Å²) in [7, 11) is 1.75. The summed E-state index contributed by atoms with van der Waals surface area (Å²) in [4.78, 5) is 21.1. The van der Waals surface area contributed by atoms with Crippen LogP contribution in [0.4, 0.5) is 5.69 Å². The summed E-state index contributed by atoms with van der Waals surface area (Å²) in [5, 5.41) is 6.62. The van der Waals surface area contributed by atoms with Gasteiger partial charge in [-0.25, -0.2) is 0 Å². The van der Waals surface area contributed by atoms with Crippen molar-refractivity contribution in [3.8, 4) is 0 Å². The Hall–Kier alpha value is -3.02. The van der Waals surface area contributed by atoms with E-state index in [1.165, 1.54) is 11.3 Å². The summed E-state index contributed by atoms with van der Waals surface area (Å²) in [6.45, 7) is 5.96. The van der Waals surface area contributed by atoms with Crippen molar-refractivity contribution in [1.82, 2.24) is 15.5 Å². The highest BCUT2D eigenvalue weighted by Crippen LogP contribution is 2.16. The van der Waals surface area contributed by atoms with Crippen LogP contribution in [0.1, 0.15) is 24.9 Å². The lowest BCUT2D eigenvalue weighted by molar-refractivity contribution is -0.131. The molecule has 0 aliphatic carbocycles. The van der Waals surface area contributed by atoms with E-state index in [-0.39, 0.29) is 11.9 Å². The number of nitrogens with one attached hydrogen (secondary N) is 2. The van der Waals surface area contributed by atoms with Crippen LogP contribution >= 0.6 is 0 Å². The Kier molecular flexibility index (Phi) is 7.50.